The molecule has 0 radical (unpaired) electrons. The Labute approximate surface area is 195 Å². The van der Waals surface area contributed by atoms with E-state index in [1.54, 1.807) is 12.4 Å². The lowest BCUT2D eigenvalue weighted by atomic mass is 9.81. The summed E-state index contributed by atoms with van der Waals surface area (Å²) in [7, 11) is 0. The molecule has 2 fully saturated rings. The number of nitrogens with zero attached hydrogens (tertiary/aromatic N) is 4. The number of likely N-dealkylation sites (N-methyl/N-ethyl adjacent to an activating group) is 1. The zero-order valence-corrected chi connectivity index (χ0v) is 19.9. The molecule has 2 bridgehead atoms. The molecule has 2 aliphatic rings. The summed E-state index contributed by atoms with van der Waals surface area (Å²) in [5, 5.41) is 4.47. The first-order valence-electron chi connectivity index (χ1n) is 11.9. The van der Waals surface area contributed by atoms with Gasteiger partial charge in [0.1, 0.15) is 5.15 Å². The predicted molar refractivity (Wildman–Crippen MR) is 130 cm³/mol. The molecular weight excluding hydrogens is 418 g/mol. The number of pyridine rings is 1. The first-order chi connectivity index (χ1) is 15.6. The molecule has 1 N–H and O–H groups in total. The van der Waals surface area contributed by atoms with Crippen LogP contribution in [-0.2, 0) is 0 Å². The van der Waals surface area contributed by atoms with Gasteiger partial charge in [-0.25, -0.2) is 4.98 Å². The minimum atomic E-state index is 0.497. The Bertz CT molecular complexity index is 1090. The monoisotopic (exact) mass is 449 g/mol. The van der Waals surface area contributed by atoms with Crippen LogP contribution in [0.4, 0.5) is 0 Å². The molecule has 2 aliphatic heterocycles. The topological polar surface area (TPSA) is 53.9 Å². The fourth-order valence-corrected chi connectivity index (χ4v) is 6.11. The van der Waals surface area contributed by atoms with Crippen molar-refractivity contribution < 1.29 is 0 Å². The van der Waals surface area contributed by atoms with E-state index in [-0.39, 0.29) is 0 Å². The average Bonchev–Trinajstić information content (AvgIpc) is 3.41. The number of hydrogen-bond donors (Lipinski definition) is 1. The van der Waals surface area contributed by atoms with Crippen LogP contribution in [0, 0.1) is 6.92 Å². The Hall–Kier alpha value is -2.08. The first kappa shape index (κ1) is 21.7. The normalized spacial score (nSPS) is 25.7. The molecular formula is C26H32ClN5. The van der Waals surface area contributed by atoms with Crippen molar-refractivity contribution in [1.82, 2.24) is 25.2 Å². The second-order valence-electron chi connectivity index (χ2n) is 9.39. The van der Waals surface area contributed by atoms with Crippen molar-refractivity contribution in [1.29, 1.82) is 0 Å². The molecule has 4 heterocycles. The Morgan fingerprint density at radius 3 is 2.47 bits per heavy atom. The predicted octanol–water partition coefficient (Wildman–Crippen LogP) is 5.09. The second-order valence-corrected chi connectivity index (χ2v) is 9.77. The average molecular weight is 450 g/mol. The van der Waals surface area contributed by atoms with Gasteiger partial charge in [-0.2, -0.15) is 0 Å². The van der Waals surface area contributed by atoms with E-state index in [4.69, 9.17) is 11.6 Å². The smallest absolute Gasteiger partial charge is 0.129 e. The molecule has 4 unspecified atom stereocenters. The molecule has 5 atom stereocenters. The molecule has 168 valence electrons. The summed E-state index contributed by atoms with van der Waals surface area (Å²) in [5.74, 6) is 1.04. The third kappa shape index (κ3) is 4.02. The van der Waals surface area contributed by atoms with Crippen LogP contribution in [-0.4, -0.2) is 51.1 Å². The lowest BCUT2D eigenvalue weighted by Gasteiger charge is -2.37. The Morgan fingerprint density at radius 2 is 1.84 bits per heavy atom. The Kier molecular flexibility index (Phi) is 6.15. The van der Waals surface area contributed by atoms with Crippen molar-refractivity contribution in [2.75, 3.05) is 13.1 Å². The SMILES string of the molecule is CC[C@@H](CN(CC)C1CC2NC1CC2c1ccc(Cl)nc1)c1cc2nccnc2cc1C. The van der Waals surface area contributed by atoms with Gasteiger partial charge in [-0.15, -0.1) is 0 Å². The number of rotatable bonds is 7. The lowest BCUT2D eigenvalue weighted by Crippen LogP contribution is -2.45. The van der Waals surface area contributed by atoms with E-state index in [1.807, 2.05) is 12.3 Å². The number of benzene rings is 1. The van der Waals surface area contributed by atoms with E-state index < -0.39 is 0 Å². The minimum absolute atomic E-state index is 0.497. The van der Waals surface area contributed by atoms with Crippen LogP contribution in [0.2, 0.25) is 5.15 Å². The first-order valence-corrected chi connectivity index (χ1v) is 12.3. The van der Waals surface area contributed by atoms with Gasteiger partial charge in [0.25, 0.3) is 0 Å². The van der Waals surface area contributed by atoms with Gasteiger partial charge < -0.3 is 5.32 Å². The highest BCUT2D eigenvalue weighted by Gasteiger charge is 2.47. The second kappa shape index (κ2) is 9.05. The van der Waals surface area contributed by atoms with Gasteiger partial charge in [-0.1, -0.05) is 31.5 Å². The van der Waals surface area contributed by atoms with Crippen molar-refractivity contribution in [3.63, 3.8) is 0 Å². The molecule has 5 nitrogen and oxygen atoms in total. The van der Waals surface area contributed by atoms with Crippen LogP contribution in [0.1, 0.15) is 61.6 Å². The maximum atomic E-state index is 6.00. The number of aryl methyl sites for hydroxylation is 1. The number of hydrogen-bond acceptors (Lipinski definition) is 5. The highest BCUT2D eigenvalue weighted by atomic mass is 35.5. The van der Waals surface area contributed by atoms with Gasteiger partial charge >= 0.3 is 0 Å². The van der Waals surface area contributed by atoms with E-state index in [0.29, 0.717) is 35.1 Å². The van der Waals surface area contributed by atoms with Crippen LogP contribution >= 0.6 is 11.6 Å². The molecule has 32 heavy (non-hydrogen) atoms. The summed E-state index contributed by atoms with van der Waals surface area (Å²) in [6, 6.07) is 10.2. The standard InChI is InChI=1S/C26H32ClN5/c1-4-17(19-11-23-22(10-16(19)3)28-8-9-29-23)15-32(5-2)25-13-21-20(12-24(25)31-21)18-6-7-26(27)30-14-18/h6-11,14,17,20-21,24-25,31H,4-5,12-13,15H2,1-3H3/t17-,20?,21?,24?,25?/m0/s1. The molecule has 0 amide bonds. The largest absolute Gasteiger partial charge is 0.309 e. The highest BCUT2D eigenvalue weighted by molar-refractivity contribution is 6.29. The molecule has 1 aromatic carbocycles. The fraction of sp³-hybridized carbons (Fsp3) is 0.500. The molecule has 0 aliphatic carbocycles. The van der Waals surface area contributed by atoms with Crippen LogP contribution in [0.3, 0.4) is 0 Å². The van der Waals surface area contributed by atoms with E-state index >= 15 is 0 Å². The van der Waals surface area contributed by atoms with Crippen molar-refractivity contribution in [2.24, 2.45) is 0 Å². The van der Waals surface area contributed by atoms with Gasteiger partial charge in [0.2, 0.25) is 0 Å². The van der Waals surface area contributed by atoms with Crippen molar-refractivity contribution in [2.45, 2.75) is 70.0 Å². The van der Waals surface area contributed by atoms with Gasteiger partial charge in [-0.05, 0) is 73.5 Å². The number of fused-ring (bicyclic) bond motifs is 3. The van der Waals surface area contributed by atoms with Gasteiger partial charge in [0.05, 0.1) is 11.0 Å². The molecule has 0 saturated carbocycles. The maximum absolute atomic E-state index is 6.00. The summed E-state index contributed by atoms with van der Waals surface area (Å²) >= 11 is 6.00. The molecule has 2 saturated heterocycles. The van der Waals surface area contributed by atoms with Gasteiger partial charge in [-0.3, -0.25) is 14.9 Å². The fourth-order valence-electron chi connectivity index (χ4n) is 6.00. The molecule has 5 rings (SSSR count). The van der Waals surface area contributed by atoms with Gasteiger partial charge in [0.15, 0.2) is 0 Å². The summed E-state index contributed by atoms with van der Waals surface area (Å²) in [4.78, 5) is 16.0. The molecule has 6 heteroatoms. The van der Waals surface area contributed by atoms with Crippen molar-refractivity contribution in [3.05, 3.63) is 64.7 Å². The minimum Gasteiger partial charge on any atom is -0.309 e. The number of halogens is 1. The van der Waals surface area contributed by atoms with Crippen LogP contribution in [0.15, 0.2) is 42.9 Å². The van der Waals surface area contributed by atoms with Crippen LogP contribution < -0.4 is 5.32 Å². The Morgan fingerprint density at radius 1 is 1.06 bits per heavy atom. The third-order valence-electron chi connectivity index (χ3n) is 7.68. The highest BCUT2D eigenvalue weighted by Crippen LogP contribution is 2.42. The van der Waals surface area contributed by atoms with Crippen LogP contribution in [0.5, 0.6) is 0 Å². The van der Waals surface area contributed by atoms with Crippen molar-refractivity contribution in [3.8, 4) is 0 Å². The molecule has 3 aromatic rings. The number of aromatic nitrogens is 3. The summed E-state index contributed by atoms with van der Waals surface area (Å²) in [5.41, 5.74) is 6.03. The number of nitrogens with one attached hydrogen (secondary N) is 1. The zero-order valence-electron chi connectivity index (χ0n) is 19.1. The summed E-state index contributed by atoms with van der Waals surface area (Å²) < 4.78 is 0. The van der Waals surface area contributed by atoms with E-state index in [9.17, 15) is 0 Å². The van der Waals surface area contributed by atoms with Gasteiger partial charge in [0, 0.05) is 49.2 Å². The quantitative estimate of drug-likeness (QED) is 0.509. The summed E-state index contributed by atoms with van der Waals surface area (Å²) in [6.45, 7) is 8.99. The molecule has 0 spiro atoms. The van der Waals surface area contributed by atoms with Crippen LogP contribution in [0.25, 0.3) is 11.0 Å². The third-order valence-corrected chi connectivity index (χ3v) is 7.90. The molecule has 2 aromatic heterocycles. The maximum Gasteiger partial charge on any atom is 0.129 e. The van der Waals surface area contributed by atoms with E-state index in [0.717, 1.165) is 30.5 Å². The Balaban J connectivity index is 1.32. The van der Waals surface area contributed by atoms with E-state index in [1.165, 1.54) is 29.5 Å². The summed E-state index contributed by atoms with van der Waals surface area (Å²) in [6.07, 6.45) is 9.01. The van der Waals surface area contributed by atoms with Crippen molar-refractivity contribution >= 4 is 22.6 Å². The zero-order chi connectivity index (χ0) is 22.2. The van der Waals surface area contributed by atoms with E-state index in [2.05, 4.69) is 64.1 Å². The lowest BCUT2D eigenvalue weighted by molar-refractivity contribution is 0.161.